The van der Waals surface area contributed by atoms with Crippen molar-refractivity contribution in [3.05, 3.63) is 34.1 Å². The van der Waals surface area contributed by atoms with Crippen molar-refractivity contribution in [2.45, 2.75) is 51.2 Å². The van der Waals surface area contributed by atoms with Gasteiger partial charge in [0.25, 0.3) is 0 Å². The minimum atomic E-state index is -0.722. The number of hydrogen-bond acceptors (Lipinski definition) is 2. The molecule has 0 spiro atoms. The van der Waals surface area contributed by atoms with E-state index >= 15 is 0 Å². The molecule has 20 heavy (non-hydrogen) atoms. The second-order valence-electron chi connectivity index (χ2n) is 6.12. The molecule has 1 aliphatic heterocycles. The Morgan fingerprint density at radius 1 is 1.35 bits per heavy atom. The number of benzene rings is 1. The monoisotopic (exact) mass is 343 g/mol. The standard InChI is InChI=1S/C16H23BrFNO/c1-12(2)19-8-3-6-16(20,7-9-19)11-13-10-14(18)4-5-15(13)17/h4-5,10,12,20H,3,6-9,11H2,1-2H3. The SMILES string of the molecule is CC(C)N1CCCC(O)(Cc2cc(F)ccc2Br)CC1. The summed E-state index contributed by atoms with van der Waals surface area (Å²) in [6.07, 6.45) is 3.02. The van der Waals surface area contributed by atoms with Crippen LogP contribution >= 0.6 is 15.9 Å². The maximum Gasteiger partial charge on any atom is 0.123 e. The Balaban J connectivity index is 2.09. The van der Waals surface area contributed by atoms with Gasteiger partial charge in [-0.05, 0) is 63.4 Å². The highest BCUT2D eigenvalue weighted by atomic mass is 79.9. The highest BCUT2D eigenvalue weighted by Crippen LogP contribution is 2.30. The Morgan fingerprint density at radius 3 is 2.80 bits per heavy atom. The molecular formula is C16H23BrFNO. The van der Waals surface area contributed by atoms with Crippen molar-refractivity contribution < 1.29 is 9.50 Å². The minimum Gasteiger partial charge on any atom is -0.389 e. The summed E-state index contributed by atoms with van der Waals surface area (Å²) < 4.78 is 14.2. The van der Waals surface area contributed by atoms with Crippen molar-refractivity contribution >= 4 is 15.9 Å². The lowest BCUT2D eigenvalue weighted by atomic mass is 9.88. The Bertz CT molecular complexity index is 466. The van der Waals surface area contributed by atoms with Gasteiger partial charge in [-0.25, -0.2) is 4.39 Å². The summed E-state index contributed by atoms with van der Waals surface area (Å²) in [4.78, 5) is 2.40. The van der Waals surface area contributed by atoms with Gasteiger partial charge >= 0.3 is 0 Å². The van der Waals surface area contributed by atoms with Crippen molar-refractivity contribution in [2.24, 2.45) is 0 Å². The first-order valence-electron chi connectivity index (χ1n) is 7.30. The van der Waals surface area contributed by atoms with Gasteiger partial charge in [0, 0.05) is 23.5 Å². The number of likely N-dealkylation sites (tertiary alicyclic amines) is 1. The summed E-state index contributed by atoms with van der Waals surface area (Å²) in [6, 6.07) is 5.18. The Hall–Kier alpha value is -0.450. The molecule has 1 saturated heterocycles. The molecule has 1 aromatic carbocycles. The van der Waals surface area contributed by atoms with Crippen molar-refractivity contribution in [1.29, 1.82) is 0 Å². The van der Waals surface area contributed by atoms with Crippen LogP contribution in [0.5, 0.6) is 0 Å². The van der Waals surface area contributed by atoms with Gasteiger partial charge < -0.3 is 10.0 Å². The topological polar surface area (TPSA) is 23.5 Å². The Morgan fingerprint density at radius 2 is 2.10 bits per heavy atom. The summed E-state index contributed by atoms with van der Waals surface area (Å²) in [7, 11) is 0. The first-order chi connectivity index (χ1) is 9.39. The van der Waals surface area contributed by atoms with E-state index in [1.807, 2.05) is 0 Å². The molecule has 0 amide bonds. The summed E-state index contributed by atoms with van der Waals surface area (Å²) >= 11 is 3.45. The molecule has 1 aromatic rings. The molecule has 1 atom stereocenters. The molecule has 1 heterocycles. The van der Waals surface area contributed by atoms with Gasteiger partial charge in [0.15, 0.2) is 0 Å². The van der Waals surface area contributed by atoms with E-state index in [-0.39, 0.29) is 5.82 Å². The third kappa shape index (κ3) is 4.03. The van der Waals surface area contributed by atoms with Crippen molar-refractivity contribution in [2.75, 3.05) is 13.1 Å². The first kappa shape index (κ1) is 15.9. The van der Waals surface area contributed by atoms with E-state index < -0.39 is 5.60 Å². The van der Waals surface area contributed by atoms with Crippen LogP contribution in [0.4, 0.5) is 4.39 Å². The quantitative estimate of drug-likeness (QED) is 0.903. The lowest BCUT2D eigenvalue weighted by molar-refractivity contribution is 0.0247. The van der Waals surface area contributed by atoms with Crippen LogP contribution in [0.25, 0.3) is 0 Å². The molecule has 112 valence electrons. The third-order valence-electron chi connectivity index (χ3n) is 4.21. The smallest absolute Gasteiger partial charge is 0.123 e. The highest BCUT2D eigenvalue weighted by Gasteiger charge is 2.31. The predicted octanol–water partition coefficient (Wildman–Crippen LogP) is 3.76. The lowest BCUT2D eigenvalue weighted by Crippen LogP contribution is -2.35. The van der Waals surface area contributed by atoms with Gasteiger partial charge in [0.2, 0.25) is 0 Å². The van der Waals surface area contributed by atoms with Crippen LogP contribution in [-0.2, 0) is 6.42 Å². The van der Waals surface area contributed by atoms with Gasteiger partial charge in [-0.1, -0.05) is 15.9 Å². The summed E-state index contributed by atoms with van der Waals surface area (Å²) in [5.74, 6) is -0.246. The fourth-order valence-corrected chi connectivity index (χ4v) is 3.31. The van der Waals surface area contributed by atoms with E-state index in [1.165, 1.54) is 12.1 Å². The molecule has 4 heteroatoms. The fourth-order valence-electron chi connectivity index (χ4n) is 2.93. The van der Waals surface area contributed by atoms with Gasteiger partial charge in [0.05, 0.1) is 5.60 Å². The van der Waals surface area contributed by atoms with Crippen LogP contribution < -0.4 is 0 Å². The molecule has 0 bridgehead atoms. The number of hydrogen-bond donors (Lipinski definition) is 1. The Kier molecular flexibility index (Phi) is 5.21. The van der Waals surface area contributed by atoms with Crippen LogP contribution in [-0.4, -0.2) is 34.7 Å². The maximum atomic E-state index is 13.4. The minimum absolute atomic E-state index is 0.246. The third-order valence-corrected chi connectivity index (χ3v) is 4.98. The summed E-state index contributed by atoms with van der Waals surface area (Å²) in [5.41, 5.74) is 0.130. The first-order valence-corrected chi connectivity index (χ1v) is 8.09. The zero-order chi connectivity index (χ0) is 14.8. The van der Waals surface area contributed by atoms with Crippen LogP contribution in [0.3, 0.4) is 0 Å². The second-order valence-corrected chi connectivity index (χ2v) is 6.97. The van der Waals surface area contributed by atoms with Crippen molar-refractivity contribution in [3.8, 4) is 0 Å². The van der Waals surface area contributed by atoms with Gasteiger partial charge in [0.1, 0.15) is 5.82 Å². The largest absolute Gasteiger partial charge is 0.389 e. The van der Waals surface area contributed by atoms with Gasteiger partial charge in [-0.15, -0.1) is 0 Å². The average Bonchev–Trinajstić information content (AvgIpc) is 2.56. The van der Waals surface area contributed by atoms with Crippen molar-refractivity contribution in [1.82, 2.24) is 4.90 Å². The molecule has 0 aromatic heterocycles. The molecule has 2 rings (SSSR count). The maximum absolute atomic E-state index is 13.4. The molecule has 1 unspecified atom stereocenters. The van der Waals surface area contributed by atoms with E-state index in [0.717, 1.165) is 42.4 Å². The van der Waals surface area contributed by atoms with E-state index in [0.29, 0.717) is 12.5 Å². The molecule has 1 fully saturated rings. The van der Waals surface area contributed by atoms with Crippen LogP contribution in [0.15, 0.2) is 22.7 Å². The molecule has 0 aliphatic carbocycles. The summed E-state index contributed by atoms with van der Waals surface area (Å²) in [5, 5.41) is 10.8. The number of rotatable bonds is 3. The average molecular weight is 344 g/mol. The van der Waals surface area contributed by atoms with Gasteiger partial charge in [-0.2, -0.15) is 0 Å². The molecule has 0 radical (unpaired) electrons. The number of halogens is 2. The number of aliphatic hydroxyl groups is 1. The van der Waals surface area contributed by atoms with E-state index in [1.54, 1.807) is 6.07 Å². The predicted molar refractivity (Wildman–Crippen MR) is 83.3 cm³/mol. The van der Waals surface area contributed by atoms with Crippen molar-refractivity contribution in [3.63, 3.8) is 0 Å². The summed E-state index contributed by atoms with van der Waals surface area (Å²) in [6.45, 7) is 6.31. The second kappa shape index (κ2) is 6.54. The normalized spacial score (nSPS) is 24.9. The molecule has 0 saturated carbocycles. The zero-order valence-electron chi connectivity index (χ0n) is 12.2. The Labute approximate surface area is 129 Å². The molecular weight excluding hydrogens is 321 g/mol. The number of nitrogens with zero attached hydrogens (tertiary/aromatic N) is 1. The van der Waals surface area contributed by atoms with E-state index in [4.69, 9.17) is 0 Å². The van der Waals surface area contributed by atoms with Crippen LogP contribution in [0.2, 0.25) is 0 Å². The molecule has 2 nitrogen and oxygen atoms in total. The van der Waals surface area contributed by atoms with E-state index in [2.05, 4.69) is 34.7 Å². The van der Waals surface area contributed by atoms with Crippen LogP contribution in [0, 0.1) is 5.82 Å². The fraction of sp³-hybridized carbons (Fsp3) is 0.625. The zero-order valence-corrected chi connectivity index (χ0v) is 13.8. The molecule has 1 aliphatic rings. The lowest BCUT2D eigenvalue weighted by Gasteiger charge is -2.28. The van der Waals surface area contributed by atoms with E-state index in [9.17, 15) is 9.50 Å². The van der Waals surface area contributed by atoms with Crippen LogP contribution in [0.1, 0.15) is 38.7 Å². The highest BCUT2D eigenvalue weighted by molar-refractivity contribution is 9.10. The molecule has 1 N–H and O–H groups in total. The van der Waals surface area contributed by atoms with Gasteiger partial charge in [-0.3, -0.25) is 0 Å².